The van der Waals surface area contributed by atoms with Gasteiger partial charge in [-0.2, -0.15) is 0 Å². The molecule has 2 unspecified atom stereocenters. The maximum absolute atomic E-state index is 10.8. The first kappa shape index (κ1) is 20.0. The number of rotatable bonds is 7. The van der Waals surface area contributed by atoms with Gasteiger partial charge in [0.1, 0.15) is 11.4 Å². The summed E-state index contributed by atoms with van der Waals surface area (Å²) >= 11 is 7.16. The minimum atomic E-state index is -1.44. The van der Waals surface area contributed by atoms with Crippen LogP contribution in [0, 0.1) is 0 Å². The summed E-state index contributed by atoms with van der Waals surface area (Å²) < 4.78 is 11.3. The number of β-amino-alcohol motifs (C(OH)–C–C–N with tert-alkyl or cyclic N) is 1. The van der Waals surface area contributed by atoms with Crippen molar-refractivity contribution in [2.45, 2.75) is 25.2 Å². The van der Waals surface area contributed by atoms with Crippen LogP contribution in [0.3, 0.4) is 0 Å². The average Bonchev–Trinajstić information content (AvgIpc) is 3.08. The number of halogens is 1. The summed E-state index contributed by atoms with van der Waals surface area (Å²) in [4.78, 5) is 17.1. The molecular weight excluding hydrogens is 390 g/mol. The van der Waals surface area contributed by atoms with Crippen LogP contribution >= 0.6 is 22.9 Å². The summed E-state index contributed by atoms with van der Waals surface area (Å²) in [6.45, 7) is 3.44. The molecule has 2 aromatic rings. The first-order valence-corrected chi connectivity index (χ1v) is 9.83. The Morgan fingerprint density at radius 3 is 2.89 bits per heavy atom. The lowest BCUT2D eigenvalue weighted by Crippen LogP contribution is -2.53. The molecule has 1 aromatic heterocycles. The van der Waals surface area contributed by atoms with Crippen LogP contribution in [-0.4, -0.2) is 53.2 Å². The Morgan fingerprint density at radius 2 is 2.26 bits per heavy atom. The highest BCUT2D eigenvalue weighted by Gasteiger charge is 2.39. The normalized spacial score (nSPS) is 21.7. The molecule has 0 spiro atoms. The van der Waals surface area contributed by atoms with Gasteiger partial charge in [0.05, 0.1) is 13.2 Å². The molecule has 9 heteroatoms. The molecule has 7 nitrogen and oxygen atoms in total. The minimum Gasteiger partial charge on any atom is -0.484 e. The number of carbonyl (C=O) groups is 1. The maximum atomic E-state index is 10.8. The van der Waals surface area contributed by atoms with Gasteiger partial charge in [-0.15, -0.1) is 11.3 Å². The molecule has 146 valence electrons. The van der Waals surface area contributed by atoms with Gasteiger partial charge in [-0.1, -0.05) is 23.7 Å². The van der Waals surface area contributed by atoms with Crippen LogP contribution in [0.15, 0.2) is 29.6 Å². The van der Waals surface area contributed by atoms with Crippen molar-refractivity contribution >= 4 is 28.8 Å². The number of thiazole rings is 1. The zero-order valence-corrected chi connectivity index (χ0v) is 16.5. The SMILES string of the molecule is CC(Cc1ccc(OCC(N)=O)cc1)N1CCOC(O)(c2csc(Cl)n2)C1. The number of ether oxygens (including phenoxy) is 2. The van der Waals surface area contributed by atoms with E-state index in [1.807, 2.05) is 24.3 Å². The van der Waals surface area contributed by atoms with Crippen molar-refractivity contribution in [1.29, 1.82) is 0 Å². The minimum absolute atomic E-state index is 0.136. The Morgan fingerprint density at radius 1 is 1.52 bits per heavy atom. The highest BCUT2D eigenvalue weighted by Crippen LogP contribution is 2.30. The third-order valence-corrected chi connectivity index (χ3v) is 5.45. The number of morpholine rings is 1. The number of aliphatic hydroxyl groups is 1. The smallest absolute Gasteiger partial charge is 0.255 e. The quantitative estimate of drug-likeness (QED) is 0.720. The van der Waals surface area contributed by atoms with Gasteiger partial charge in [-0.3, -0.25) is 9.69 Å². The predicted molar refractivity (Wildman–Crippen MR) is 103 cm³/mol. The fourth-order valence-corrected chi connectivity index (χ4v) is 3.86. The summed E-state index contributed by atoms with van der Waals surface area (Å²) in [6, 6.07) is 7.74. The van der Waals surface area contributed by atoms with Gasteiger partial charge in [-0.25, -0.2) is 4.98 Å². The fraction of sp³-hybridized carbons (Fsp3) is 0.444. The van der Waals surface area contributed by atoms with Gasteiger partial charge in [0.15, 0.2) is 11.1 Å². The molecule has 1 amide bonds. The van der Waals surface area contributed by atoms with Gasteiger partial charge in [0, 0.05) is 18.0 Å². The highest BCUT2D eigenvalue weighted by atomic mass is 35.5. The van der Waals surface area contributed by atoms with E-state index in [-0.39, 0.29) is 12.6 Å². The highest BCUT2D eigenvalue weighted by molar-refractivity contribution is 7.13. The third-order valence-electron chi connectivity index (χ3n) is 4.47. The molecule has 2 heterocycles. The van der Waals surface area contributed by atoms with Crippen molar-refractivity contribution in [2.24, 2.45) is 5.73 Å². The van der Waals surface area contributed by atoms with Gasteiger partial charge < -0.3 is 20.3 Å². The van der Waals surface area contributed by atoms with E-state index in [9.17, 15) is 9.90 Å². The van der Waals surface area contributed by atoms with Crippen LogP contribution < -0.4 is 10.5 Å². The molecule has 3 N–H and O–H groups in total. The van der Waals surface area contributed by atoms with Gasteiger partial charge in [0.25, 0.3) is 5.91 Å². The summed E-state index contributed by atoms with van der Waals surface area (Å²) in [5, 5.41) is 12.6. The molecule has 0 aliphatic carbocycles. The third kappa shape index (κ3) is 5.18. The molecule has 0 radical (unpaired) electrons. The maximum Gasteiger partial charge on any atom is 0.255 e. The van der Waals surface area contributed by atoms with E-state index in [4.69, 9.17) is 26.8 Å². The van der Waals surface area contributed by atoms with E-state index in [0.717, 1.165) is 18.5 Å². The van der Waals surface area contributed by atoms with Crippen LogP contribution in [-0.2, 0) is 21.7 Å². The van der Waals surface area contributed by atoms with Gasteiger partial charge in [-0.05, 0) is 31.0 Å². The van der Waals surface area contributed by atoms with Gasteiger partial charge >= 0.3 is 0 Å². The second-order valence-corrected chi connectivity index (χ2v) is 7.98. The molecule has 3 rings (SSSR count). The number of nitrogens with two attached hydrogens (primary N) is 1. The van der Waals surface area contributed by atoms with Crippen LogP contribution in [0.1, 0.15) is 18.2 Å². The van der Waals surface area contributed by atoms with Crippen LogP contribution in [0.25, 0.3) is 0 Å². The molecule has 0 bridgehead atoms. The Labute approximate surface area is 166 Å². The molecule has 1 fully saturated rings. The topological polar surface area (TPSA) is 97.9 Å². The van der Waals surface area contributed by atoms with E-state index >= 15 is 0 Å². The Hall–Kier alpha value is -1.71. The lowest BCUT2D eigenvalue weighted by Gasteiger charge is -2.41. The van der Waals surface area contributed by atoms with Crippen molar-refractivity contribution in [3.8, 4) is 5.75 Å². The summed E-state index contributed by atoms with van der Waals surface area (Å²) in [5.41, 5.74) is 6.65. The van der Waals surface area contributed by atoms with Crippen molar-refractivity contribution in [1.82, 2.24) is 9.88 Å². The predicted octanol–water partition coefficient (Wildman–Crippen LogP) is 1.77. The van der Waals surface area contributed by atoms with E-state index in [0.29, 0.717) is 29.1 Å². The fourth-order valence-electron chi connectivity index (χ4n) is 3.04. The lowest BCUT2D eigenvalue weighted by molar-refractivity contribution is -0.253. The Bertz CT molecular complexity index is 785. The molecule has 0 saturated carbocycles. The van der Waals surface area contributed by atoms with Gasteiger partial charge in [0.2, 0.25) is 5.79 Å². The first-order chi connectivity index (χ1) is 12.9. The molecule has 1 aliphatic rings. The number of primary amides is 1. The van der Waals surface area contributed by atoms with Crippen molar-refractivity contribution in [2.75, 3.05) is 26.3 Å². The standard InChI is InChI=1S/C18H22ClN3O4S/c1-12(8-13-2-4-14(5-3-13)25-9-16(20)23)22-6-7-26-18(24,11-22)15-10-27-17(19)21-15/h2-5,10,12,24H,6-9,11H2,1H3,(H2,20,23). The summed E-state index contributed by atoms with van der Waals surface area (Å²) in [7, 11) is 0. The van der Waals surface area contributed by atoms with Crippen molar-refractivity contribution < 1.29 is 19.4 Å². The van der Waals surface area contributed by atoms with Crippen LogP contribution in [0.2, 0.25) is 4.47 Å². The summed E-state index contributed by atoms with van der Waals surface area (Å²) in [5.74, 6) is -1.34. The van der Waals surface area contributed by atoms with Crippen molar-refractivity contribution in [3.63, 3.8) is 0 Å². The first-order valence-electron chi connectivity index (χ1n) is 8.57. The number of hydrogen-bond acceptors (Lipinski definition) is 7. The molecule has 2 atom stereocenters. The van der Waals surface area contributed by atoms with Crippen molar-refractivity contribution in [3.05, 3.63) is 45.4 Å². The van der Waals surface area contributed by atoms with E-state index < -0.39 is 11.7 Å². The number of amides is 1. The average molecular weight is 412 g/mol. The Balaban J connectivity index is 1.60. The number of hydrogen-bond donors (Lipinski definition) is 2. The van der Waals surface area contributed by atoms with E-state index in [1.54, 1.807) is 5.38 Å². The zero-order valence-electron chi connectivity index (χ0n) is 14.9. The Kier molecular flexibility index (Phi) is 6.33. The molecular formula is C18H22ClN3O4S. The largest absolute Gasteiger partial charge is 0.484 e. The lowest BCUT2D eigenvalue weighted by atomic mass is 10.0. The van der Waals surface area contributed by atoms with Crippen LogP contribution in [0.4, 0.5) is 0 Å². The summed E-state index contributed by atoms with van der Waals surface area (Å²) in [6.07, 6.45) is 0.796. The van der Waals surface area contributed by atoms with Crippen LogP contribution in [0.5, 0.6) is 5.75 Å². The number of nitrogens with zero attached hydrogens (tertiary/aromatic N) is 2. The number of aromatic nitrogens is 1. The van der Waals surface area contributed by atoms with E-state index in [1.165, 1.54) is 11.3 Å². The molecule has 1 aromatic carbocycles. The number of carbonyl (C=O) groups excluding carboxylic acids is 1. The zero-order chi connectivity index (χ0) is 19.4. The molecule has 27 heavy (non-hydrogen) atoms. The molecule has 1 saturated heterocycles. The second-order valence-electron chi connectivity index (χ2n) is 6.54. The second kappa shape index (κ2) is 8.53. The van der Waals surface area contributed by atoms with E-state index in [2.05, 4.69) is 16.8 Å². The molecule has 1 aliphatic heterocycles. The monoisotopic (exact) mass is 411 g/mol. The number of benzene rings is 1.